The molecule has 2 aromatic heterocycles. The van der Waals surface area contributed by atoms with E-state index in [9.17, 15) is 0 Å². The van der Waals surface area contributed by atoms with Gasteiger partial charge >= 0.3 is 0 Å². The lowest BCUT2D eigenvalue weighted by Gasteiger charge is -2.09. The van der Waals surface area contributed by atoms with Crippen LogP contribution in [0.25, 0.3) is 5.69 Å². The number of nitrogens with two attached hydrogens (primary N) is 1. The fourth-order valence-corrected chi connectivity index (χ4v) is 1.79. The predicted molar refractivity (Wildman–Crippen MR) is 68.0 cm³/mol. The summed E-state index contributed by atoms with van der Waals surface area (Å²) in [5.41, 5.74) is 7.72. The van der Waals surface area contributed by atoms with Crippen molar-refractivity contribution in [3.63, 3.8) is 0 Å². The summed E-state index contributed by atoms with van der Waals surface area (Å²) in [7, 11) is 0. The maximum absolute atomic E-state index is 5.78. The van der Waals surface area contributed by atoms with E-state index in [1.807, 2.05) is 37.6 Å². The average molecular weight is 230 g/mol. The van der Waals surface area contributed by atoms with Crippen LogP contribution in [0.5, 0.6) is 0 Å². The van der Waals surface area contributed by atoms with Gasteiger partial charge in [0.2, 0.25) is 0 Å². The van der Waals surface area contributed by atoms with Crippen molar-refractivity contribution in [3.8, 4) is 5.69 Å². The molecule has 1 atom stereocenters. The van der Waals surface area contributed by atoms with Crippen LogP contribution in [0, 0.1) is 0 Å². The van der Waals surface area contributed by atoms with E-state index in [0.717, 1.165) is 30.0 Å². The molecule has 90 valence electrons. The summed E-state index contributed by atoms with van der Waals surface area (Å²) in [6.07, 6.45) is 7.70. The van der Waals surface area contributed by atoms with Crippen LogP contribution < -0.4 is 5.73 Å². The summed E-state index contributed by atoms with van der Waals surface area (Å²) in [4.78, 5) is 8.71. The Bertz CT molecular complexity index is 470. The van der Waals surface area contributed by atoms with Crippen molar-refractivity contribution in [2.45, 2.75) is 32.7 Å². The first-order chi connectivity index (χ1) is 8.22. The molecule has 2 N–H and O–H groups in total. The van der Waals surface area contributed by atoms with Gasteiger partial charge in [-0.05, 0) is 25.5 Å². The zero-order valence-corrected chi connectivity index (χ0v) is 10.3. The summed E-state index contributed by atoms with van der Waals surface area (Å²) in [5.74, 6) is 1.07. The van der Waals surface area contributed by atoms with Crippen LogP contribution in [-0.4, -0.2) is 14.5 Å². The van der Waals surface area contributed by atoms with Gasteiger partial charge in [0.15, 0.2) is 0 Å². The van der Waals surface area contributed by atoms with Crippen LogP contribution >= 0.6 is 0 Å². The molecular formula is C13H18N4. The highest BCUT2D eigenvalue weighted by atomic mass is 15.1. The smallest absolute Gasteiger partial charge is 0.113 e. The van der Waals surface area contributed by atoms with E-state index in [1.54, 1.807) is 0 Å². The Hall–Kier alpha value is -1.68. The zero-order valence-electron chi connectivity index (χ0n) is 10.3. The lowest BCUT2D eigenvalue weighted by molar-refractivity contribution is 0.773. The molecule has 0 amide bonds. The molecule has 0 unspecified atom stereocenters. The maximum Gasteiger partial charge on any atom is 0.113 e. The van der Waals surface area contributed by atoms with E-state index < -0.39 is 0 Å². The third-order valence-corrected chi connectivity index (χ3v) is 2.71. The SMILES string of the molecule is CCCc1nccn1-c1ccc([C@@H](C)N)nc1. The standard InChI is InChI=1S/C13H18N4/c1-3-4-13-15-7-8-17(13)11-5-6-12(10(2)14)16-9-11/h5-10H,3-4,14H2,1-2H3/t10-/m1/s1. The normalized spacial score (nSPS) is 12.6. The molecule has 4 nitrogen and oxygen atoms in total. The second kappa shape index (κ2) is 5.10. The average Bonchev–Trinajstić information content (AvgIpc) is 2.78. The van der Waals surface area contributed by atoms with E-state index >= 15 is 0 Å². The summed E-state index contributed by atoms with van der Waals surface area (Å²) < 4.78 is 2.07. The van der Waals surface area contributed by atoms with Crippen molar-refractivity contribution in [2.24, 2.45) is 5.73 Å². The summed E-state index contributed by atoms with van der Waals surface area (Å²) >= 11 is 0. The summed E-state index contributed by atoms with van der Waals surface area (Å²) in [6, 6.07) is 3.98. The molecule has 2 rings (SSSR count). The molecule has 0 aromatic carbocycles. The van der Waals surface area contributed by atoms with Crippen LogP contribution in [0.4, 0.5) is 0 Å². The molecular weight excluding hydrogens is 212 g/mol. The van der Waals surface area contributed by atoms with E-state index in [1.165, 1.54) is 0 Å². The van der Waals surface area contributed by atoms with Crippen molar-refractivity contribution >= 4 is 0 Å². The van der Waals surface area contributed by atoms with E-state index in [2.05, 4.69) is 21.5 Å². The van der Waals surface area contributed by atoms with Gasteiger partial charge in [-0.25, -0.2) is 4.98 Å². The van der Waals surface area contributed by atoms with Crippen molar-refractivity contribution in [3.05, 3.63) is 42.2 Å². The van der Waals surface area contributed by atoms with Crippen LogP contribution in [0.3, 0.4) is 0 Å². The first-order valence-corrected chi connectivity index (χ1v) is 5.96. The second-order valence-electron chi connectivity index (χ2n) is 4.19. The monoisotopic (exact) mass is 230 g/mol. The number of hydrogen-bond acceptors (Lipinski definition) is 3. The second-order valence-corrected chi connectivity index (χ2v) is 4.19. The van der Waals surface area contributed by atoms with Crippen molar-refractivity contribution in [1.29, 1.82) is 0 Å². The zero-order chi connectivity index (χ0) is 12.3. The lowest BCUT2D eigenvalue weighted by atomic mass is 10.2. The Kier molecular flexibility index (Phi) is 3.54. The summed E-state index contributed by atoms with van der Waals surface area (Å²) in [5, 5.41) is 0. The van der Waals surface area contributed by atoms with Crippen LogP contribution in [0.2, 0.25) is 0 Å². The molecule has 0 aliphatic carbocycles. The quantitative estimate of drug-likeness (QED) is 0.876. The van der Waals surface area contributed by atoms with E-state index in [0.29, 0.717) is 0 Å². The van der Waals surface area contributed by atoms with Crippen molar-refractivity contribution in [2.75, 3.05) is 0 Å². The van der Waals surface area contributed by atoms with Crippen LogP contribution in [0.1, 0.15) is 37.8 Å². The Morgan fingerprint density at radius 1 is 1.35 bits per heavy atom. The molecule has 0 bridgehead atoms. The number of nitrogens with zero attached hydrogens (tertiary/aromatic N) is 3. The van der Waals surface area contributed by atoms with Gasteiger partial charge in [0.05, 0.1) is 17.6 Å². The first-order valence-electron chi connectivity index (χ1n) is 5.96. The molecule has 0 spiro atoms. The number of imidazole rings is 1. The number of rotatable bonds is 4. The maximum atomic E-state index is 5.78. The largest absolute Gasteiger partial charge is 0.323 e. The van der Waals surface area contributed by atoms with Crippen molar-refractivity contribution in [1.82, 2.24) is 14.5 Å². The Morgan fingerprint density at radius 3 is 2.76 bits per heavy atom. The lowest BCUT2D eigenvalue weighted by Crippen LogP contribution is -2.08. The summed E-state index contributed by atoms with van der Waals surface area (Å²) in [6.45, 7) is 4.08. The molecule has 4 heteroatoms. The minimum Gasteiger partial charge on any atom is -0.323 e. The number of pyridine rings is 1. The van der Waals surface area contributed by atoms with Crippen LogP contribution in [-0.2, 0) is 6.42 Å². The molecule has 2 aromatic rings. The molecule has 0 aliphatic rings. The van der Waals surface area contributed by atoms with Gasteiger partial charge in [-0.15, -0.1) is 0 Å². The topological polar surface area (TPSA) is 56.7 Å². The fourth-order valence-electron chi connectivity index (χ4n) is 1.79. The number of aromatic nitrogens is 3. The highest BCUT2D eigenvalue weighted by Crippen LogP contribution is 2.13. The third-order valence-electron chi connectivity index (χ3n) is 2.71. The van der Waals surface area contributed by atoms with Gasteiger partial charge in [0.25, 0.3) is 0 Å². The molecule has 0 saturated heterocycles. The molecule has 0 saturated carbocycles. The number of aryl methyl sites for hydroxylation is 1. The van der Waals surface area contributed by atoms with Gasteiger partial charge < -0.3 is 10.3 Å². The fraction of sp³-hybridized carbons (Fsp3) is 0.385. The Balaban J connectivity index is 2.30. The highest BCUT2D eigenvalue weighted by molar-refractivity contribution is 5.31. The third kappa shape index (κ3) is 2.53. The minimum absolute atomic E-state index is 0.0260. The Labute approximate surface area is 102 Å². The highest BCUT2D eigenvalue weighted by Gasteiger charge is 2.05. The van der Waals surface area contributed by atoms with E-state index in [-0.39, 0.29) is 6.04 Å². The molecule has 0 aliphatic heterocycles. The van der Waals surface area contributed by atoms with Gasteiger partial charge in [-0.2, -0.15) is 0 Å². The van der Waals surface area contributed by atoms with Crippen molar-refractivity contribution < 1.29 is 0 Å². The van der Waals surface area contributed by atoms with Gasteiger partial charge in [-0.1, -0.05) is 6.92 Å². The van der Waals surface area contributed by atoms with E-state index in [4.69, 9.17) is 5.73 Å². The van der Waals surface area contributed by atoms with Gasteiger partial charge in [0, 0.05) is 24.9 Å². The molecule has 0 fully saturated rings. The van der Waals surface area contributed by atoms with Gasteiger partial charge in [0.1, 0.15) is 5.82 Å². The van der Waals surface area contributed by atoms with Gasteiger partial charge in [-0.3, -0.25) is 4.98 Å². The Morgan fingerprint density at radius 2 is 2.18 bits per heavy atom. The molecule has 17 heavy (non-hydrogen) atoms. The van der Waals surface area contributed by atoms with Crippen LogP contribution in [0.15, 0.2) is 30.7 Å². The number of hydrogen-bond donors (Lipinski definition) is 1. The minimum atomic E-state index is -0.0260. The molecule has 0 radical (unpaired) electrons. The predicted octanol–water partition coefficient (Wildman–Crippen LogP) is 2.24. The first kappa shape index (κ1) is 11.8. The molecule has 2 heterocycles.